The number of carbonyl (C=O) groups excluding carboxylic acids is 2. The van der Waals surface area contributed by atoms with Crippen LogP contribution in [-0.4, -0.2) is 33.3 Å². The number of carbonyl (C=O) groups is 2. The van der Waals surface area contributed by atoms with Crippen LogP contribution in [-0.2, 0) is 11.2 Å². The number of aryl methyl sites for hydroxylation is 1. The molecule has 0 radical (unpaired) electrons. The first-order chi connectivity index (χ1) is 16.4. The minimum Gasteiger partial charge on any atom is -0.350 e. The van der Waals surface area contributed by atoms with E-state index in [1.54, 1.807) is 12.4 Å². The number of amides is 2. The molecule has 3 N–H and O–H groups in total. The van der Waals surface area contributed by atoms with Crippen molar-refractivity contribution in [1.29, 1.82) is 0 Å². The van der Waals surface area contributed by atoms with Gasteiger partial charge in [-0.3, -0.25) is 14.6 Å². The minimum absolute atomic E-state index is 0.0674. The lowest BCUT2D eigenvalue weighted by Crippen LogP contribution is -2.27. The predicted molar refractivity (Wildman–Crippen MR) is 135 cm³/mol. The minimum atomic E-state index is -0.235. The number of thiophene rings is 1. The number of benzene rings is 1. The Labute approximate surface area is 201 Å². The molecule has 0 bridgehead atoms. The van der Waals surface area contributed by atoms with Crippen LogP contribution in [0.3, 0.4) is 0 Å². The molecular formula is C25H26N6O2S. The Balaban J connectivity index is 1.46. The average Bonchev–Trinajstić information content (AvgIpc) is 3.19. The fraction of sp³-hybridized carbons (Fsp3) is 0.240. The lowest BCUT2D eigenvalue weighted by Gasteiger charge is -2.14. The van der Waals surface area contributed by atoms with Gasteiger partial charge in [-0.15, -0.1) is 11.3 Å². The van der Waals surface area contributed by atoms with Gasteiger partial charge < -0.3 is 16.0 Å². The van der Waals surface area contributed by atoms with Gasteiger partial charge in [0.1, 0.15) is 0 Å². The molecule has 0 saturated carbocycles. The molecule has 0 unspecified atom stereocenters. The van der Waals surface area contributed by atoms with Gasteiger partial charge >= 0.3 is 0 Å². The van der Waals surface area contributed by atoms with Crippen LogP contribution in [0.15, 0.2) is 54.9 Å². The van der Waals surface area contributed by atoms with Crippen LogP contribution < -0.4 is 16.0 Å². The molecule has 34 heavy (non-hydrogen) atoms. The van der Waals surface area contributed by atoms with Gasteiger partial charge in [0.05, 0.1) is 16.3 Å². The van der Waals surface area contributed by atoms with Crippen molar-refractivity contribution in [3.8, 4) is 0 Å². The number of anilines is 2. The van der Waals surface area contributed by atoms with Gasteiger partial charge in [-0.25, -0.2) is 9.97 Å². The third kappa shape index (κ3) is 5.74. The van der Waals surface area contributed by atoms with Gasteiger partial charge in [0.25, 0.3) is 5.91 Å². The summed E-state index contributed by atoms with van der Waals surface area (Å²) >= 11 is 1.51. The van der Waals surface area contributed by atoms with E-state index in [0.29, 0.717) is 24.6 Å². The number of pyridine rings is 1. The topological polar surface area (TPSA) is 109 Å². The van der Waals surface area contributed by atoms with Crippen LogP contribution in [0.4, 0.5) is 11.6 Å². The van der Waals surface area contributed by atoms with Crippen molar-refractivity contribution < 1.29 is 9.59 Å². The Morgan fingerprint density at radius 2 is 1.91 bits per heavy atom. The molecule has 1 atom stereocenters. The Morgan fingerprint density at radius 1 is 1.12 bits per heavy atom. The van der Waals surface area contributed by atoms with Crippen molar-refractivity contribution in [1.82, 2.24) is 20.3 Å². The molecule has 3 aromatic heterocycles. The summed E-state index contributed by atoms with van der Waals surface area (Å²) in [7, 11) is 0. The van der Waals surface area contributed by atoms with Crippen molar-refractivity contribution in [2.24, 2.45) is 0 Å². The molecule has 0 aliphatic heterocycles. The highest BCUT2D eigenvalue weighted by Crippen LogP contribution is 2.28. The monoisotopic (exact) mass is 474 g/mol. The number of aromatic nitrogens is 3. The zero-order chi connectivity index (χ0) is 24.1. The summed E-state index contributed by atoms with van der Waals surface area (Å²) in [5, 5.41) is 9.01. The van der Waals surface area contributed by atoms with E-state index in [4.69, 9.17) is 0 Å². The van der Waals surface area contributed by atoms with Crippen molar-refractivity contribution in [3.05, 3.63) is 76.6 Å². The van der Waals surface area contributed by atoms with Crippen LogP contribution in [0, 0.1) is 6.92 Å². The van der Waals surface area contributed by atoms with E-state index in [-0.39, 0.29) is 17.9 Å². The largest absolute Gasteiger partial charge is 0.350 e. The lowest BCUT2D eigenvalue weighted by atomic mass is 10.1. The molecule has 0 aliphatic carbocycles. The summed E-state index contributed by atoms with van der Waals surface area (Å²) in [6, 6.07) is 13.3. The van der Waals surface area contributed by atoms with E-state index in [0.717, 1.165) is 31.9 Å². The van der Waals surface area contributed by atoms with Gasteiger partial charge in [0, 0.05) is 36.4 Å². The molecule has 4 rings (SSSR count). The molecular weight excluding hydrogens is 448 g/mol. The number of nitrogens with zero attached hydrogens (tertiary/aromatic N) is 3. The maximum atomic E-state index is 13.1. The smallest absolute Gasteiger partial charge is 0.271 e. The number of nitrogens with one attached hydrogen (secondary N) is 3. The average molecular weight is 475 g/mol. The third-order valence-corrected chi connectivity index (χ3v) is 6.26. The standard InChI is InChI=1S/C25H26N6O2S/c1-15-13-21-23(34-15)22(31-25(30-21)28-16(2)19-5-4-11-26-14-19)24(33)27-12-10-18-6-8-20(9-7-18)29-17(3)32/h4-9,11,13-14,16H,10,12H2,1-3H3,(H,27,33)(H,29,32)(H,28,30,31)/t16-/m0/s1. The molecule has 1 aromatic carbocycles. The highest BCUT2D eigenvalue weighted by atomic mass is 32.1. The Morgan fingerprint density at radius 3 is 2.62 bits per heavy atom. The van der Waals surface area contributed by atoms with Crippen molar-refractivity contribution in [3.63, 3.8) is 0 Å². The Hall–Kier alpha value is -3.85. The molecule has 3 heterocycles. The second-order valence-electron chi connectivity index (χ2n) is 8.00. The summed E-state index contributed by atoms with van der Waals surface area (Å²) in [5.41, 5.74) is 3.92. The lowest BCUT2D eigenvalue weighted by molar-refractivity contribution is -0.114. The van der Waals surface area contributed by atoms with E-state index in [1.165, 1.54) is 18.3 Å². The molecule has 8 nitrogen and oxygen atoms in total. The Bertz CT molecular complexity index is 1300. The first-order valence-corrected chi connectivity index (χ1v) is 11.8. The summed E-state index contributed by atoms with van der Waals surface area (Å²) in [6.45, 7) is 5.93. The molecule has 9 heteroatoms. The first-order valence-electron chi connectivity index (χ1n) is 11.0. The highest BCUT2D eigenvalue weighted by molar-refractivity contribution is 7.19. The van der Waals surface area contributed by atoms with Crippen LogP contribution >= 0.6 is 11.3 Å². The summed E-state index contributed by atoms with van der Waals surface area (Å²) in [6.07, 6.45) is 4.18. The SMILES string of the molecule is CC(=O)Nc1ccc(CCNC(=O)c2nc(N[C@@H](C)c3cccnc3)nc3cc(C)sc23)cc1. The summed E-state index contributed by atoms with van der Waals surface area (Å²) in [4.78, 5) is 38.6. The second-order valence-corrected chi connectivity index (χ2v) is 9.26. The fourth-order valence-electron chi connectivity index (χ4n) is 3.54. The van der Waals surface area contributed by atoms with Gasteiger partial charge in [0.15, 0.2) is 5.69 Å². The third-order valence-electron chi connectivity index (χ3n) is 5.21. The molecule has 0 fully saturated rings. The van der Waals surface area contributed by atoms with E-state index < -0.39 is 0 Å². The van der Waals surface area contributed by atoms with Crippen LogP contribution in [0.25, 0.3) is 10.2 Å². The Kier molecular flexibility index (Phi) is 7.12. The molecule has 2 amide bonds. The van der Waals surface area contributed by atoms with Crippen LogP contribution in [0.1, 0.15) is 46.4 Å². The van der Waals surface area contributed by atoms with E-state index >= 15 is 0 Å². The highest BCUT2D eigenvalue weighted by Gasteiger charge is 2.18. The van der Waals surface area contributed by atoms with Gasteiger partial charge in [-0.2, -0.15) is 0 Å². The second kappa shape index (κ2) is 10.4. The van der Waals surface area contributed by atoms with Crippen molar-refractivity contribution >= 4 is 45.0 Å². The molecule has 0 aliphatic rings. The van der Waals surface area contributed by atoms with Crippen LogP contribution in [0.5, 0.6) is 0 Å². The number of rotatable bonds is 8. The van der Waals surface area contributed by atoms with Gasteiger partial charge in [-0.1, -0.05) is 18.2 Å². The molecule has 4 aromatic rings. The normalized spacial score (nSPS) is 11.7. The quantitative estimate of drug-likeness (QED) is 0.347. The van der Waals surface area contributed by atoms with Gasteiger partial charge in [0.2, 0.25) is 11.9 Å². The molecule has 0 spiro atoms. The van der Waals surface area contributed by atoms with E-state index in [2.05, 4.69) is 30.9 Å². The van der Waals surface area contributed by atoms with Gasteiger partial charge in [-0.05, 0) is 55.7 Å². The fourth-order valence-corrected chi connectivity index (χ4v) is 4.48. The van der Waals surface area contributed by atoms with Crippen molar-refractivity contribution in [2.45, 2.75) is 33.2 Å². The van der Waals surface area contributed by atoms with Crippen LogP contribution in [0.2, 0.25) is 0 Å². The van der Waals surface area contributed by atoms with E-state index in [1.807, 2.05) is 56.3 Å². The zero-order valence-corrected chi connectivity index (χ0v) is 20.1. The zero-order valence-electron chi connectivity index (χ0n) is 19.3. The molecule has 0 saturated heterocycles. The maximum Gasteiger partial charge on any atom is 0.271 e. The molecule has 174 valence electrons. The number of fused-ring (bicyclic) bond motifs is 1. The number of hydrogen-bond donors (Lipinski definition) is 3. The number of hydrogen-bond acceptors (Lipinski definition) is 7. The summed E-state index contributed by atoms with van der Waals surface area (Å²) < 4.78 is 0.772. The predicted octanol–water partition coefficient (Wildman–Crippen LogP) is 4.50. The first kappa shape index (κ1) is 23.3. The van der Waals surface area contributed by atoms with E-state index in [9.17, 15) is 9.59 Å². The maximum absolute atomic E-state index is 13.1. The van der Waals surface area contributed by atoms with Crippen molar-refractivity contribution in [2.75, 3.05) is 17.2 Å². The summed E-state index contributed by atoms with van der Waals surface area (Å²) in [5.74, 6) is 0.0604.